The molecule has 0 atom stereocenters. The van der Waals surface area contributed by atoms with E-state index < -0.39 is 10.2 Å². The van der Waals surface area contributed by atoms with Crippen LogP contribution in [0.1, 0.15) is 6.42 Å². The van der Waals surface area contributed by atoms with Crippen LogP contribution in [0.4, 0.5) is 5.69 Å². The van der Waals surface area contributed by atoms with E-state index in [1.165, 1.54) is 17.5 Å². The van der Waals surface area contributed by atoms with Gasteiger partial charge in [-0.25, -0.2) is 0 Å². The Kier molecular flexibility index (Phi) is 6.22. The number of rotatable bonds is 9. The van der Waals surface area contributed by atoms with Gasteiger partial charge in [-0.2, -0.15) is 17.8 Å². The molecular weight excluding hydrogens is 270 g/mol. The molecule has 1 aromatic heterocycles. The van der Waals surface area contributed by atoms with Gasteiger partial charge in [0.05, 0.1) is 25.0 Å². The normalized spacial score (nSPS) is 12.0. The molecule has 1 heterocycles. The predicted molar refractivity (Wildman–Crippen MR) is 72.9 cm³/mol. The fraction of sp³-hybridized carbons (Fsp3) is 0.700. The molecule has 0 saturated carbocycles. The zero-order chi connectivity index (χ0) is 14.3. The molecular formula is C10H21N5O3S. The van der Waals surface area contributed by atoms with Crippen molar-refractivity contribution in [3.8, 4) is 0 Å². The summed E-state index contributed by atoms with van der Waals surface area (Å²) in [6.45, 7) is 1.92. The molecule has 0 spiro atoms. The number of hydrogen-bond donors (Lipinski definition) is 2. The largest absolute Gasteiger partial charge is 0.383 e. The summed E-state index contributed by atoms with van der Waals surface area (Å²) in [6.07, 6.45) is 3.70. The fourth-order valence-corrected chi connectivity index (χ4v) is 2.31. The van der Waals surface area contributed by atoms with Gasteiger partial charge in [-0.3, -0.25) is 9.40 Å². The van der Waals surface area contributed by atoms with Crippen molar-refractivity contribution in [3.05, 3.63) is 12.4 Å². The number of nitrogens with zero attached hydrogens (tertiary/aromatic N) is 3. The van der Waals surface area contributed by atoms with Crippen molar-refractivity contribution in [2.24, 2.45) is 5.73 Å². The van der Waals surface area contributed by atoms with Crippen LogP contribution in [0.15, 0.2) is 12.4 Å². The van der Waals surface area contributed by atoms with Gasteiger partial charge in [0, 0.05) is 26.9 Å². The minimum atomic E-state index is -3.55. The van der Waals surface area contributed by atoms with Gasteiger partial charge in [0.2, 0.25) is 0 Å². The fourth-order valence-electron chi connectivity index (χ4n) is 1.38. The van der Waals surface area contributed by atoms with Crippen molar-refractivity contribution in [1.82, 2.24) is 14.1 Å². The van der Waals surface area contributed by atoms with E-state index in [1.807, 2.05) is 0 Å². The molecule has 0 radical (unpaired) electrons. The Labute approximate surface area is 113 Å². The van der Waals surface area contributed by atoms with Gasteiger partial charge in [0.1, 0.15) is 0 Å². The summed E-state index contributed by atoms with van der Waals surface area (Å²) in [6, 6.07) is 0. The molecule has 0 aliphatic carbocycles. The third-order valence-electron chi connectivity index (χ3n) is 2.49. The Bertz CT molecular complexity index is 473. The second-order valence-corrected chi connectivity index (χ2v) is 5.83. The number of hydrogen-bond acceptors (Lipinski definition) is 5. The molecule has 0 aliphatic rings. The third-order valence-corrected chi connectivity index (χ3v) is 3.99. The second-order valence-electron chi connectivity index (χ2n) is 4.06. The van der Waals surface area contributed by atoms with Crippen molar-refractivity contribution in [2.45, 2.75) is 13.0 Å². The van der Waals surface area contributed by atoms with Crippen LogP contribution in [0, 0.1) is 0 Å². The molecule has 0 aromatic carbocycles. The van der Waals surface area contributed by atoms with E-state index in [-0.39, 0.29) is 0 Å². The molecule has 19 heavy (non-hydrogen) atoms. The number of aromatic nitrogens is 2. The quantitative estimate of drug-likeness (QED) is 0.636. The lowest BCUT2D eigenvalue weighted by molar-refractivity contribution is 0.183. The number of nitrogens with one attached hydrogen (secondary N) is 1. The highest BCUT2D eigenvalue weighted by atomic mass is 32.2. The number of anilines is 1. The van der Waals surface area contributed by atoms with E-state index in [2.05, 4.69) is 9.82 Å². The summed E-state index contributed by atoms with van der Waals surface area (Å²) in [5, 5.41) is 4.03. The highest BCUT2D eigenvalue weighted by Crippen LogP contribution is 2.09. The van der Waals surface area contributed by atoms with Crippen LogP contribution in [-0.2, 0) is 21.5 Å². The standard InChI is InChI=1S/C10H21N5O3S/c1-14(5-3-4-11)19(16,17)13-10-8-12-15(9-10)6-7-18-2/h8-9,13H,3-7,11H2,1-2H3. The lowest BCUT2D eigenvalue weighted by Gasteiger charge is -2.16. The number of ether oxygens (including phenoxy) is 1. The third kappa shape index (κ3) is 5.15. The van der Waals surface area contributed by atoms with Crippen LogP contribution >= 0.6 is 0 Å². The molecule has 8 nitrogen and oxygen atoms in total. The van der Waals surface area contributed by atoms with Gasteiger partial charge < -0.3 is 10.5 Å². The molecule has 0 aliphatic heterocycles. The molecule has 0 fully saturated rings. The Morgan fingerprint density at radius 1 is 1.58 bits per heavy atom. The first kappa shape index (κ1) is 15.9. The topological polar surface area (TPSA) is 102 Å². The molecule has 0 saturated heterocycles. The summed E-state index contributed by atoms with van der Waals surface area (Å²) in [5.41, 5.74) is 5.78. The van der Waals surface area contributed by atoms with E-state index in [4.69, 9.17) is 10.5 Å². The van der Waals surface area contributed by atoms with Gasteiger partial charge in [0.15, 0.2) is 0 Å². The minimum absolute atomic E-state index is 0.379. The minimum Gasteiger partial charge on any atom is -0.383 e. The Balaban J connectivity index is 2.59. The first-order chi connectivity index (χ1) is 8.99. The monoisotopic (exact) mass is 291 g/mol. The molecule has 0 amide bonds. The maximum atomic E-state index is 11.9. The summed E-state index contributed by atoms with van der Waals surface area (Å²) >= 11 is 0. The van der Waals surface area contributed by atoms with Crippen LogP contribution in [0.3, 0.4) is 0 Å². The van der Waals surface area contributed by atoms with E-state index in [9.17, 15) is 8.42 Å². The lowest BCUT2D eigenvalue weighted by atomic mass is 10.4. The van der Waals surface area contributed by atoms with Gasteiger partial charge in [-0.1, -0.05) is 0 Å². The Hall–Kier alpha value is -1.16. The SMILES string of the molecule is COCCn1cc(NS(=O)(=O)N(C)CCCN)cn1. The second kappa shape index (κ2) is 7.43. The maximum Gasteiger partial charge on any atom is 0.301 e. The van der Waals surface area contributed by atoms with Crippen molar-refractivity contribution in [3.63, 3.8) is 0 Å². The Morgan fingerprint density at radius 3 is 2.95 bits per heavy atom. The Morgan fingerprint density at radius 2 is 2.32 bits per heavy atom. The van der Waals surface area contributed by atoms with Crippen LogP contribution < -0.4 is 10.5 Å². The first-order valence-electron chi connectivity index (χ1n) is 5.95. The zero-order valence-corrected chi connectivity index (χ0v) is 12.1. The summed E-state index contributed by atoms with van der Waals surface area (Å²) in [7, 11) is -0.446. The lowest BCUT2D eigenvalue weighted by Crippen LogP contribution is -2.34. The van der Waals surface area contributed by atoms with E-state index >= 15 is 0 Å². The van der Waals surface area contributed by atoms with Crippen molar-refractivity contribution < 1.29 is 13.2 Å². The van der Waals surface area contributed by atoms with Crippen molar-refractivity contribution in [2.75, 3.05) is 38.6 Å². The van der Waals surface area contributed by atoms with Crippen LogP contribution in [-0.4, -0.2) is 56.4 Å². The van der Waals surface area contributed by atoms with E-state index in [0.29, 0.717) is 38.3 Å². The summed E-state index contributed by atoms with van der Waals surface area (Å²) < 4.78 is 34.1. The van der Waals surface area contributed by atoms with Gasteiger partial charge in [0.25, 0.3) is 0 Å². The predicted octanol–water partition coefficient (Wildman–Crippen LogP) is -0.533. The molecule has 9 heteroatoms. The van der Waals surface area contributed by atoms with Crippen LogP contribution in [0.2, 0.25) is 0 Å². The van der Waals surface area contributed by atoms with Crippen molar-refractivity contribution in [1.29, 1.82) is 0 Å². The highest BCUT2D eigenvalue weighted by molar-refractivity contribution is 7.90. The highest BCUT2D eigenvalue weighted by Gasteiger charge is 2.17. The summed E-state index contributed by atoms with van der Waals surface area (Å²) in [4.78, 5) is 0. The molecule has 110 valence electrons. The van der Waals surface area contributed by atoms with Gasteiger partial charge >= 0.3 is 10.2 Å². The summed E-state index contributed by atoms with van der Waals surface area (Å²) in [5.74, 6) is 0. The van der Waals surface area contributed by atoms with Gasteiger partial charge in [-0.05, 0) is 13.0 Å². The average molecular weight is 291 g/mol. The molecule has 0 bridgehead atoms. The first-order valence-corrected chi connectivity index (χ1v) is 7.39. The number of methoxy groups -OCH3 is 1. The van der Waals surface area contributed by atoms with Crippen LogP contribution in [0.25, 0.3) is 0 Å². The molecule has 0 unspecified atom stereocenters. The van der Waals surface area contributed by atoms with Gasteiger partial charge in [-0.15, -0.1) is 0 Å². The maximum absolute atomic E-state index is 11.9. The molecule has 3 N–H and O–H groups in total. The number of nitrogens with two attached hydrogens (primary N) is 1. The average Bonchev–Trinajstić information content (AvgIpc) is 2.80. The smallest absolute Gasteiger partial charge is 0.301 e. The van der Waals surface area contributed by atoms with E-state index in [1.54, 1.807) is 18.0 Å². The molecule has 1 aromatic rings. The molecule has 1 rings (SSSR count). The zero-order valence-electron chi connectivity index (χ0n) is 11.2. The van der Waals surface area contributed by atoms with E-state index in [0.717, 1.165) is 0 Å². The van der Waals surface area contributed by atoms with Crippen LogP contribution in [0.5, 0.6) is 0 Å². The van der Waals surface area contributed by atoms with Crippen molar-refractivity contribution >= 4 is 15.9 Å².